The quantitative estimate of drug-likeness (QED) is 0.783. The molecule has 2 nitrogen and oxygen atoms in total. The van der Waals surface area contributed by atoms with E-state index in [0.717, 1.165) is 0 Å². The van der Waals surface area contributed by atoms with Crippen molar-refractivity contribution in [1.82, 2.24) is 0 Å². The number of esters is 1. The fourth-order valence-corrected chi connectivity index (χ4v) is 3.32. The largest absolute Gasteiger partial charge is 0.466 e. The van der Waals surface area contributed by atoms with Gasteiger partial charge >= 0.3 is 5.97 Å². The molecule has 1 saturated carbocycles. The Morgan fingerprint density at radius 2 is 1.64 bits per heavy atom. The number of carbonyl (C=O) groups is 1. The van der Waals surface area contributed by atoms with Crippen molar-refractivity contribution in [2.75, 3.05) is 6.61 Å². The highest BCUT2D eigenvalue weighted by Gasteiger charge is 2.57. The maximum atomic E-state index is 12.3. The van der Waals surface area contributed by atoms with Crippen LogP contribution in [0.25, 0.3) is 0 Å². The van der Waals surface area contributed by atoms with Gasteiger partial charge in [-0.15, -0.1) is 0 Å². The summed E-state index contributed by atoms with van der Waals surface area (Å²) in [5.74, 6) is 0.354. The minimum Gasteiger partial charge on any atom is -0.466 e. The molecule has 1 fully saturated rings. The smallest absolute Gasteiger partial charge is 0.310 e. The van der Waals surface area contributed by atoms with Crippen LogP contribution in [0.4, 0.5) is 0 Å². The van der Waals surface area contributed by atoms with Crippen molar-refractivity contribution < 1.29 is 9.53 Å². The Bertz CT molecular complexity index is 675. The molecule has 3 atom stereocenters. The molecule has 0 aromatic heterocycles. The first-order valence-electron chi connectivity index (χ1n) is 7.92. The van der Waals surface area contributed by atoms with E-state index in [1.54, 1.807) is 0 Å². The van der Waals surface area contributed by atoms with Gasteiger partial charge in [0.25, 0.3) is 0 Å². The van der Waals surface area contributed by atoms with Gasteiger partial charge in [-0.25, -0.2) is 0 Å². The zero-order valence-corrected chi connectivity index (χ0v) is 13.4. The molecule has 0 radical (unpaired) electrons. The van der Waals surface area contributed by atoms with Crippen molar-refractivity contribution in [3.8, 4) is 0 Å². The van der Waals surface area contributed by atoms with Crippen LogP contribution >= 0.6 is 0 Å². The van der Waals surface area contributed by atoms with Crippen LogP contribution < -0.4 is 0 Å². The van der Waals surface area contributed by atoms with Gasteiger partial charge in [0.05, 0.1) is 12.5 Å². The Labute approximate surface area is 132 Å². The summed E-state index contributed by atoms with van der Waals surface area (Å²) in [6.07, 6.45) is 0. The Morgan fingerprint density at radius 1 is 0.955 bits per heavy atom. The Morgan fingerprint density at radius 3 is 2.27 bits per heavy atom. The molecule has 0 N–H and O–H groups in total. The minimum absolute atomic E-state index is 0.0514. The second-order valence-corrected chi connectivity index (χ2v) is 6.08. The molecule has 1 aliphatic carbocycles. The molecule has 22 heavy (non-hydrogen) atoms. The van der Waals surface area contributed by atoms with Crippen molar-refractivity contribution in [2.45, 2.75) is 32.6 Å². The summed E-state index contributed by atoms with van der Waals surface area (Å²) < 4.78 is 5.28. The molecule has 0 amide bonds. The normalized spacial score (nSPS) is 23.1. The number of ether oxygens (including phenoxy) is 1. The maximum Gasteiger partial charge on any atom is 0.310 e. The van der Waals surface area contributed by atoms with Gasteiger partial charge in [0.2, 0.25) is 0 Å². The van der Waals surface area contributed by atoms with Gasteiger partial charge in [-0.1, -0.05) is 48.5 Å². The first kappa shape index (κ1) is 14.8. The number of benzene rings is 2. The summed E-state index contributed by atoms with van der Waals surface area (Å²) in [7, 11) is 0. The lowest BCUT2D eigenvalue weighted by molar-refractivity contribution is -0.144. The SMILES string of the molecule is CCOC(=O)C1[C@@H](c2ccccc2)[C@@H]1c1ccc(C)c(C)c1. The average Bonchev–Trinajstić information content (AvgIpc) is 3.27. The van der Waals surface area contributed by atoms with Crippen LogP contribution in [-0.2, 0) is 9.53 Å². The standard InChI is InChI=1S/C20H22O2/c1-4-22-20(21)19-17(15-8-6-5-7-9-15)18(19)16-11-10-13(2)14(3)12-16/h5-12,17-19H,4H2,1-3H3/t17-,18-,19?/m0/s1. The first-order valence-corrected chi connectivity index (χ1v) is 7.92. The average molecular weight is 294 g/mol. The van der Waals surface area contributed by atoms with Crippen molar-refractivity contribution in [3.05, 3.63) is 70.8 Å². The van der Waals surface area contributed by atoms with Gasteiger partial charge in [-0.05, 0) is 43.0 Å². The van der Waals surface area contributed by atoms with E-state index in [0.29, 0.717) is 6.61 Å². The van der Waals surface area contributed by atoms with E-state index >= 15 is 0 Å². The molecule has 0 saturated heterocycles. The number of hydrogen-bond donors (Lipinski definition) is 0. The monoisotopic (exact) mass is 294 g/mol. The second kappa shape index (κ2) is 5.96. The molecule has 1 aliphatic rings. The summed E-state index contributed by atoms with van der Waals surface area (Å²) in [5, 5.41) is 0. The molecule has 0 aliphatic heterocycles. The number of carbonyl (C=O) groups excluding carboxylic acids is 1. The zero-order chi connectivity index (χ0) is 15.7. The van der Waals surface area contributed by atoms with Crippen LogP contribution in [0.15, 0.2) is 48.5 Å². The number of aryl methyl sites for hydroxylation is 2. The summed E-state index contributed by atoms with van der Waals surface area (Å²) in [6.45, 7) is 6.54. The molecule has 0 heterocycles. The Kier molecular flexibility index (Phi) is 4.02. The topological polar surface area (TPSA) is 26.3 Å². The highest BCUT2D eigenvalue weighted by molar-refractivity contribution is 5.80. The third-order valence-electron chi connectivity index (χ3n) is 4.68. The lowest BCUT2D eigenvalue weighted by Gasteiger charge is -2.05. The van der Waals surface area contributed by atoms with E-state index in [9.17, 15) is 4.79 Å². The molecular weight excluding hydrogens is 272 g/mol. The van der Waals surface area contributed by atoms with Crippen LogP contribution in [0, 0.1) is 19.8 Å². The molecule has 114 valence electrons. The lowest BCUT2D eigenvalue weighted by Crippen LogP contribution is -2.08. The Balaban J connectivity index is 1.93. The van der Waals surface area contributed by atoms with Crippen LogP contribution in [-0.4, -0.2) is 12.6 Å². The first-order chi connectivity index (χ1) is 10.6. The van der Waals surface area contributed by atoms with E-state index < -0.39 is 0 Å². The predicted molar refractivity (Wildman–Crippen MR) is 88.0 cm³/mol. The van der Waals surface area contributed by atoms with Crippen molar-refractivity contribution in [1.29, 1.82) is 0 Å². The highest BCUT2D eigenvalue weighted by atomic mass is 16.5. The van der Waals surface area contributed by atoms with E-state index in [1.165, 1.54) is 22.3 Å². The molecule has 0 spiro atoms. The van der Waals surface area contributed by atoms with Gasteiger partial charge in [0.1, 0.15) is 0 Å². The molecule has 0 bridgehead atoms. The zero-order valence-electron chi connectivity index (χ0n) is 13.4. The number of hydrogen-bond acceptors (Lipinski definition) is 2. The van der Waals surface area contributed by atoms with Gasteiger partial charge in [-0.3, -0.25) is 4.79 Å². The fraction of sp³-hybridized carbons (Fsp3) is 0.350. The number of rotatable bonds is 4. The van der Waals surface area contributed by atoms with Crippen LogP contribution in [0.5, 0.6) is 0 Å². The summed E-state index contributed by atoms with van der Waals surface area (Å²) in [4.78, 5) is 12.3. The van der Waals surface area contributed by atoms with Crippen LogP contribution in [0.1, 0.15) is 41.0 Å². The summed E-state index contributed by atoms with van der Waals surface area (Å²) in [6, 6.07) is 16.8. The molecule has 3 rings (SSSR count). The highest BCUT2D eigenvalue weighted by Crippen LogP contribution is 2.61. The van der Waals surface area contributed by atoms with E-state index in [-0.39, 0.29) is 23.7 Å². The molecule has 2 aromatic carbocycles. The van der Waals surface area contributed by atoms with Crippen LogP contribution in [0.3, 0.4) is 0 Å². The minimum atomic E-state index is -0.0698. The Hall–Kier alpha value is -2.09. The summed E-state index contributed by atoms with van der Waals surface area (Å²) in [5.41, 5.74) is 5.03. The molecule has 1 unspecified atom stereocenters. The predicted octanol–water partition coefficient (Wildman–Crippen LogP) is 4.36. The molecule has 2 aromatic rings. The van der Waals surface area contributed by atoms with Crippen molar-refractivity contribution in [2.24, 2.45) is 5.92 Å². The van der Waals surface area contributed by atoms with Crippen LogP contribution in [0.2, 0.25) is 0 Å². The van der Waals surface area contributed by atoms with Gasteiger partial charge < -0.3 is 4.74 Å². The van der Waals surface area contributed by atoms with Gasteiger partial charge in [-0.2, -0.15) is 0 Å². The van der Waals surface area contributed by atoms with Crippen molar-refractivity contribution >= 4 is 5.97 Å². The second-order valence-electron chi connectivity index (χ2n) is 6.08. The maximum absolute atomic E-state index is 12.3. The van der Waals surface area contributed by atoms with Crippen molar-refractivity contribution in [3.63, 3.8) is 0 Å². The third kappa shape index (κ3) is 2.66. The third-order valence-corrected chi connectivity index (χ3v) is 4.68. The van der Waals surface area contributed by atoms with Gasteiger partial charge in [0, 0.05) is 11.8 Å². The molecule has 2 heteroatoms. The van der Waals surface area contributed by atoms with Gasteiger partial charge in [0.15, 0.2) is 0 Å². The van der Waals surface area contributed by atoms with E-state index in [1.807, 2.05) is 25.1 Å². The summed E-state index contributed by atoms with van der Waals surface area (Å²) >= 11 is 0. The lowest BCUT2D eigenvalue weighted by atomic mass is 10.0. The molecular formula is C20H22O2. The fourth-order valence-electron chi connectivity index (χ4n) is 3.32. The van der Waals surface area contributed by atoms with E-state index in [4.69, 9.17) is 4.74 Å². The van der Waals surface area contributed by atoms with E-state index in [2.05, 4.69) is 44.2 Å².